The van der Waals surface area contributed by atoms with Crippen molar-refractivity contribution in [3.05, 3.63) is 5.89 Å². The van der Waals surface area contributed by atoms with Gasteiger partial charge in [-0.1, -0.05) is 0 Å². The summed E-state index contributed by atoms with van der Waals surface area (Å²) in [5.41, 5.74) is 5.12. The van der Waals surface area contributed by atoms with Crippen molar-refractivity contribution in [2.24, 2.45) is 0 Å². The average molecular weight is 157 g/mol. The molecule has 6 nitrogen and oxygen atoms in total. The molecule has 1 aromatic heterocycles. The van der Waals surface area contributed by atoms with Gasteiger partial charge in [0.15, 0.2) is 0 Å². The molecule has 0 fully saturated rings. The van der Waals surface area contributed by atoms with Crippen molar-refractivity contribution in [2.75, 3.05) is 5.73 Å². The van der Waals surface area contributed by atoms with Crippen LogP contribution in [0.4, 0.5) is 5.95 Å². The number of anilines is 1. The number of nitrogens with two attached hydrogens (primary N) is 1. The fourth-order valence-electron chi connectivity index (χ4n) is 0.583. The predicted molar refractivity (Wildman–Crippen MR) is 34.7 cm³/mol. The topological polar surface area (TPSA) is 102 Å². The number of nitrogens with zero attached hydrogens (tertiary/aromatic N) is 2. The van der Waals surface area contributed by atoms with Crippen LogP contribution in [0.2, 0.25) is 0 Å². The largest absolute Gasteiger partial charge is 0.481 e. The van der Waals surface area contributed by atoms with Gasteiger partial charge in [-0.3, -0.25) is 4.79 Å². The second-order valence-electron chi connectivity index (χ2n) is 1.94. The van der Waals surface area contributed by atoms with Gasteiger partial charge in [0.05, 0.1) is 6.42 Å². The standard InChI is InChI=1S/C5H7N3O3/c6-5-7-3(11-8-5)1-2-4(9)10/h1-2H2,(H2,6,8)(H,9,10). The Morgan fingerprint density at radius 1 is 1.73 bits per heavy atom. The van der Waals surface area contributed by atoms with Crippen molar-refractivity contribution in [3.63, 3.8) is 0 Å². The monoisotopic (exact) mass is 157 g/mol. The van der Waals surface area contributed by atoms with Crippen LogP contribution in [0.5, 0.6) is 0 Å². The van der Waals surface area contributed by atoms with E-state index in [4.69, 9.17) is 10.8 Å². The van der Waals surface area contributed by atoms with Crippen LogP contribution in [0.1, 0.15) is 12.3 Å². The zero-order valence-corrected chi connectivity index (χ0v) is 5.65. The summed E-state index contributed by atoms with van der Waals surface area (Å²) in [4.78, 5) is 13.7. The van der Waals surface area contributed by atoms with E-state index in [2.05, 4.69) is 14.7 Å². The van der Waals surface area contributed by atoms with Crippen molar-refractivity contribution >= 4 is 11.9 Å². The van der Waals surface area contributed by atoms with E-state index in [0.29, 0.717) is 0 Å². The van der Waals surface area contributed by atoms with E-state index in [-0.39, 0.29) is 24.7 Å². The van der Waals surface area contributed by atoms with E-state index in [1.807, 2.05) is 0 Å². The highest BCUT2D eigenvalue weighted by Crippen LogP contribution is 2.00. The molecule has 3 N–H and O–H groups in total. The predicted octanol–water partition coefficient (Wildman–Crippen LogP) is -0.331. The van der Waals surface area contributed by atoms with Crippen LogP contribution in [0.3, 0.4) is 0 Å². The number of carboxylic acid groups (broad SMARTS) is 1. The van der Waals surface area contributed by atoms with Gasteiger partial charge in [0.25, 0.3) is 5.95 Å². The Balaban J connectivity index is 2.45. The summed E-state index contributed by atoms with van der Waals surface area (Å²) in [6, 6.07) is 0. The van der Waals surface area contributed by atoms with Gasteiger partial charge in [0.2, 0.25) is 5.89 Å². The summed E-state index contributed by atoms with van der Waals surface area (Å²) in [5, 5.41) is 11.6. The van der Waals surface area contributed by atoms with Gasteiger partial charge in [0, 0.05) is 6.42 Å². The van der Waals surface area contributed by atoms with E-state index >= 15 is 0 Å². The Kier molecular flexibility index (Phi) is 2.05. The SMILES string of the molecule is Nc1noc(CCC(=O)O)n1. The fourth-order valence-corrected chi connectivity index (χ4v) is 0.583. The first kappa shape index (κ1) is 7.52. The van der Waals surface area contributed by atoms with Crippen molar-refractivity contribution in [1.29, 1.82) is 0 Å². The van der Waals surface area contributed by atoms with Crippen molar-refractivity contribution in [3.8, 4) is 0 Å². The number of carbonyl (C=O) groups is 1. The third-order valence-electron chi connectivity index (χ3n) is 1.04. The molecule has 60 valence electrons. The molecule has 6 heteroatoms. The van der Waals surface area contributed by atoms with E-state index in [1.54, 1.807) is 0 Å². The first-order valence-corrected chi connectivity index (χ1v) is 2.98. The minimum absolute atomic E-state index is 0.0262. The first-order valence-electron chi connectivity index (χ1n) is 2.98. The number of hydrogen-bond acceptors (Lipinski definition) is 5. The molecule has 0 aromatic carbocycles. The van der Waals surface area contributed by atoms with E-state index in [0.717, 1.165) is 0 Å². The maximum absolute atomic E-state index is 10.1. The van der Waals surface area contributed by atoms with Crippen molar-refractivity contribution in [2.45, 2.75) is 12.8 Å². The van der Waals surface area contributed by atoms with Crippen LogP contribution in [0.15, 0.2) is 4.52 Å². The quantitative estimate of drug-likeness (QED) is 0.622. The second kappa shape index (κ2) is 3.00. The number of hydrogen-bond donors (Lipinski definition) is 2. The van der Waals surface area contributed by atoms with Gasteiger partial charge in [-0.25, -0.2) is 0 Å². The maximum atomic E-state index is 10.1. The van der Waals surface area contributed by atoms with Gasteiger partial charge in [0.1, 0.15) is 0 Å². The third-order valence-corrected chi connectivity index (χ3v) is 1.04. The molecule has 0 aliphatic carbocycles. The fraction of sp³-hybridized carbons (Fsp3) is 0.400. The van der Waals surface area contributed by atoms with Crippen LogP contribution in [0, 0.1) is 0 Å². The molecule has 11 heavy (non-hydrogen) atoms. The Labute approximate surface area is 62.0 Å². The molecule has 0 bridgehead atoms. The Morgan fingerprint density at radius 2 is 2.45 bits per heavy atom. The average Bonchev–Trinajstić information content (AvgIpc) is 2.31. The lowest BCUT2D eigenvalue weighted by Crippen LogP contribution is -1.97. The number of aliphatic carboxylic acids is 1. The van der Waals surface area contributed by atoms with E-state index < -0.39 is 5.97 Å². The lowest BCUT2D eigenvalue weighted by atomic mass is 10.3. The highest BCUT2D eigenvalue weighted by molar-refractivity contribution is 5.66. The summed E-state index contributed by atoms with van der Waals surface area (Å²) < 4.78 is 4.57. The van der Waals surface area contributed by atoms with Crippen LogP contribution in [0.25, 0.3) is 0 Å². The van der Waals surface area contributed by atoms with Gasteiger partial charge in [-0.2, -0.15) is 4.98 Å². The molecule has 0 saturated heterocycles. The van der Waals surface area contributed by atoms with Crippen LogP contribution < -0.4 is 5.73 Å². The second-order valence-corrected chi connectivity index (χ2v) is 1.94. The number of nitrogen functional groups attached to an aromatic ring is 1. The summed E-state index contributed by atoms with van der Waals surface area (Å²) in [6.07, 6.45) is 0.196. The normalized spacial score (nSPS) is 9.82. The number of aryl methyl sites for hydroxylation is 1. The maximum Gasteiger partial charge on any atom is 0.303 e. The molecular formula is C5H7N3O3. The third kappa shape index (κ3) is 2.24. The van der Waals surface area contributed by atoms with Crippen LogP contribution in [-0.4, -0.2) is 21.2 Å². The molecule has 0 aliphatic heterocycles. The van der Waals surface area contributed by atoms with E-state index in [1.165, 1.54) is 0 Å². The highest BCUT2D eigenvalue weighted by Gasteiger charge is 2.05. The smallest absolute Gasteiger partial charge is 0.303 e. The zero-order chi connectivity index (χ0) is 8.27. The molecule has 0 radical (unpaired) electrons. The van der Waals surface area contributed by atoms with Gasteiger partial charge >= 0.3 is 5.97 Å². The summed E-state index contributed by atoms with van der Waals surface area (Å²) in [7, 11) is 0. The van der Waals surface area contributed by atoms with Crippen molar-refractivity contribution < 1.29 is 14.4 Å². The lowest BCUT2D eigenvalue weighted by Gasteiger charge is -1.86. The molecule has 1 rings (SSSR count). The molecule has 0 spiro atoms. The molecule has 0 unspecified atom stereocenters. The molecule has 0 saturated carbocycles. The lowest BCUT2D eigenvalue weighted by molar-refractivity contribution is -0.137. The summed E-state index contributed by atoms with van der Waals surface area (Å²) in [6.45, 7) is 0. The summed E-state index contributed by atoms with van der Waals surface area (Å²) in [5.74, 6) is -0.614. The molecular weight excluding hydrogens is 150 g/mol. The first-order chi connectivity index (χ1) is 5.18. The Morgan fingerprint density at radius 3 is 2.91 bits per heavy atom. The number of aromatic nitrogens is 2. The highest BCUT2D eigenvalue weighted by atomic mass is 16.5. The van der Waals surface area contributed by atoms with Gasteiger partial charge in [-0.15, -0.1) is 0 Å². The molecule has 0 aliphatic rings. The summed E-state index contributed by atoms with van der Waals surface area (Å²) >= 11 is 0. The van der Waals surface area contributed by atoms with Gasteiger partial charge < -0.3 is 15.4 Å². The number of carboxylic acids is 1. The van der Waals surface area contributed by atoms with E-state index in [9.17, 15) is 4.79 Å². The molecule has 0 amide bonds. The Hall–Kier alpha value is -1.59. The van der Waals surface area contributed by atoms with Gasteiger partial charge in [-0.05, 0) is 5.16 Å². The van der Waals surface area contributed by atoms with Crippen LogP contribution >= 0.6 is 0 Å². The number of rotatable bonds is 3. The molecule has 1 aromatic rings. The molecule has 1 heterocycles. The minimum Gasteiger partial charge on any atom is -0.481 e. The molecule has 0 atom stereocenters. The Bertz CT molecular complexity index is 257. The van der Waals surface area contributed by atoms with Crippen molar-refractivity contribution in [1.82, 2.24) is 10.1 Å². The zero-order valence-electron chi connectivity index (χ0n) is 5.65. The van der Waals surface area contributed by atoms with Crippen LogP contribution in [-0.2, 0) is 11.2 Å². The minimum atomic E-state index is -0.901.